The van der Waals surface area contributed by atoms with Crippen molar-refractivity contribution in [3.63, 3.8) is 0 Å². The van der Waals surface area contributed by atoms with Gasteiger partial charge in [-0.05, 0) is 19.1 Å². The van der Waals surface area contributed by atoms with Crippen LogP contribution in [0.15, 0.2) is 24.3 Å². The van der Waals surface area contributed by atoms with Gasteiger partial charge in [-0.15, -0.1) is 0 Å². The summed E-state index contributed by atoms with van der Waals surface area (Å²) < 4.78 is 11.6. The van der Waals surface area contributed by atoms with Crippen molar-refractivity contribution in [3.05, 3.63) is 40.2 Å². The lowest BCUT2D eigenvalue weighted by Crippen LogP contribution is -2.14. The molecular weight excluding hydrogens is 272 g/mol. The van der Waals surface area contributed by atoms with Crippen molar-refractivity contribution in [1.29, 1.82) is 0 Å². The highest BCUT2D eigenvalue weighted by molar-refractivity contribution is 7.71. The molecule has 1 aromatic heterocycles. The summed E-state index contributed by atoms with van der Waals surface area (Å²) in [6.07, 6.45) is 0.847. The van der Waals surface area contributed by atoms with Gasteiger partial charge < -0.3 is 14.5 Å². The molecule has 4 nitrogen and oxygen atoms in total. The first-order valence-corrected chi connectivity index (χ1v) is 7.12. The third kappa shape index (κ3) is 2.59. The second-order valence-corrected chi connectivity index (χ2v) is 5.00. The Bertz CT molecular complexity index is 682. The molecule has 0 saturated heterocycles. The molecule has 2 heterocycles. The normalized spacial score (nSPS) is 13.8. The van der Waals surface area contributed by atoms with Gasteiger partial charge >= 0.3 is 0 Å². The molecule has 0 spiro atoms. The number of ether oxygens (including phenoxy) is 2. The quantitative estimate of drug-likeness (QED) is 0.881. The van der Waals surface area contributed by atoms with Crippen molar-refractivity contribution in [2.24, 2.45) is 0 Å². The van der Waals surface area contributed by atoms with Crippen LogP contribution in [0.4, 0.5) is 0 Å². The summed E-state index contributed by atoms with van der Waals surface area (Å²) >= 11 is 5.37. The Kier molecular flexibility index (Phi) is 3.80. The van der Waals surface area contributed by atoms with E-state index in [1.165, 1.54) is 0 Å². The molecule has 1 aromatic carbocycles. The SMILES string of the molecule is CCOc1cccc(-c2nc(=S)c3c([nH]2)CCOC3)c1. The standard InChI is InChI=1S/C15H16N2O2S/c1-2-19-11-5-3-4-10(8-11)14-16-13-6-7-18-9-12(13)15(20)17-14/h3-5,8H,2,6-7,9H2,1H3,(H,16,17,20). The molecule has 20 heavy (non-hydrogen) atoms. The molecule has 0 unspecified atom stereocenters. The van der Waals surface area contributed by atoms with E-state index < -0.39 is 0 Å². The lowest BCUT2D eigenvalue weighted by molar-refractivity contribution is 0.108. The van der Waals surface area contributed by atoms with E-state index in [-0.39, 0.29) is 0 Å². The van der Waals surface area contributed by atoms with Crippen molar-refractivity contribution < 1.29 is 9.47 Å². The molecule has 0 bridgehead atoms. The topological polar surface area (TPSA) is 47.1 Å². The molecular formula is C15H16N2O2S. The van der Waals surface area contributed by atoms with Gasteiger partial charge in [0.05, 0.1) is 19.8 Å². The zero-order chi connectivity index (χ0) is 13.9. The van der Waals surface area contributed by atoms with Crippen LogP contribution in [0.2, 0.25) is 0 Å². The Morgan fingerprint density at radius 3 is 3.20 bits per heavy atom. The summed E-state index contributed by atoms with van der Waals surface area (Å²) in [5.74, 6) is 1.63. The first-order chi connectivity index (χ1) is 9.78. The maximum absolute atomic E-state index is 5.52. The average Bonchev–Trinajstić information content (AvgIpc) is 2.48. The van der Waals surface area contributed by atoms with Crippen LogP contribution in [0, 0.1) is 4.64 Å². The highest BCUT2D eigenvalue weighted by Crippen LogP contribution is 2.24. The van der Waals surface area contributed by atoms with Crippen LogP contribution in [0.25, 0.3) is 11.4 Å². The number of benzene rings is 1. The van der Waals surface area contributed by atoms with Gasteiger partial charge in [0.25, 0.3) is 0 Å². The highest BCUT2D eigenvalue weighted by atomic mass is 32.1. The van der Waals surface area contributed by atoms with Crippen molar-refractivity contribution in [2.45, 2.75) is 20.0 Å². The van der Waals surface area contributed by atoms with Gasteiger partial charge in [0, 0.05) is 23.2 Å². The maximum atomic E-state index is 5.52. The summed E-state index contributed by atoms with van der Waals surface area (Å²) in [5.41, 5.74) is 3.13. The third-order valence-corrected chi connectivity index (χ3v) is 3.60. The summed E-state index contributed by atoms with van der Waals surface area (Å²) in [6.45, 7) is 3.89. The number of aromatic amines is 1. The van der Waals surface area contributed by atoms with Crippen molar-refractivity contribution in [1.82, 2.24) is 9.97 Å². The van der Waals surface area contributed by atoms with E-state index >= 15 is 0 Å². The third-order valence-electron chi connectivity index (χ3n) is 3.27. The van der Waals surface area contributed by atoms with Gasteiger partial charge in [-0.25, -0.2) is 4.98 Å². The number of nitrogens with one attached hydrogen (secondary N) is 1. The van der Waals surface area contributed by atoms with Crippen LogP contribution in [-0.4, -0.2) is 23.2 Å². The molecule has 1 aliphatic heterocycles. The van der Waals surface area contributed by atoms with Crippen LogP contribution in [0.1, 0.15) is 18.2 Å². The Labute approximate surface area is 122 Å². The first kappa shape index (κ1) is 13.3. The minimum atomic E-state index is 0.553. The molecule has 3 rings (SSSR count). The van der Waals surface area contributed by atoms with E-state index in [0.717, 1.165) is 41.4 Å². The number of aromatic nitrogens is 2. The zero-order valence-electron chi connectivity index (χ0n) is 11.3. The molecule has 1 aliphatic rings. The highest BCUT2D eigenvalue weighted by Gasteiger charge is 2.14. The first-order valence-electron chi connectivity index (χ1n) is 6.71. The van der Waals surface area contributed by atoms with E-state index in [4.69, 9.17) is 21.7 Å². The number of rotatable bonds is 3. The Hall–Kier alpha value is -1.72. The summed E-state index contributed by atoms with van der Waals surface area (Å²) in [6, 6.07) is 7.87. The van der Waals surface area contributed by atoms with E-state index in [0.29, 0.717) is 17.9 Å². The average molecular weight is 288 g/mol. The molecule has 0 amide bonds. The summed E-state index contributed by atoms with van der Waals surface area (Å²) in [4.78, 5) is 7.86. The van der Waals surface area contributed by atoms with Crippen LogP contribution in [-0.2, 0) is 17.8 Å². The van der Waals surface area contributed by atoms with Crippen molar-refractivity contribution in [3.8, 4) is 17.1 Å². The Morgan fingerprint density at radius 2 is 2.35 bits per heavy atom. The molecule has 5 heteroatoms. The number of hydrogen-bond acceptors (Lipinski definition) is 4. The minimum Gasteiger partial charge on any atom is -0.494 e. The minimum absolute atomic E-state index is 0.553. The molecule has 0 radical (unpaired) electrons. The van der Waals surface area contributed by atoms with Crippen LogP contribution < -0.4 is 4.74 Å². The molecule has 0 aliphatic carbocycles. The van der Waals surface area contributed by atoms with Gasteiger partial charge in [-0.3, -0.25) is 0 Å². The predicted molar refractivity (Wildman–Crippen MR) is 79.4 cm³/mol. The second kappa shape index (κ2) is 5.73. The smallest absolute Gasteiger partial charge is 0.139 e. The Balaban J connectivity index is 2.04. The monoisotopic (exact) mass is 288 g/mol. The molecule has 104 valence electrons. The zero-order valence-corrected chi connectivity index (χ0v) is 12.1. The number of hydrogen-bond donors (Lipinski definition) is 1. The molecule has 2 aromatic rings. The van der Waals surface area contributed by atoms with Gasteiger partial charge in [-0.2, -0.15) is 0 Å². The molecule has 0 fully saturated rings. The molecule has 0 atom stereocenters. The van der Waals surface area contributed by atoms with Crippen LogP contribution in [0.5, 0.6) is 5.75 Å². The van der Waals surface area contributed by atoms with E-state index in [1.54, 1.807) is 0 Å². The van der Waals surface area contributed by atoms with Gasteiger partial charge in [-0.1, -0.05) is 24.4 Å². The van der Waals surface area contributed by atoms with E-state index in [9.17, 15) is 0 Å². The fourth-order valence-electron chi connectivity index (χ4n) is 2.29. The van der Waals surface area contributed by atoms with Crippen LogP contribution >= 0.6 is 12.2 Å². The molecule has 1 N–H and O–H groups in total. The number of fused-ring (bicyclic) bond motifs is 1. The number of nitrogens with zero attached hydrogens (tertiary/aromatic N) is 1. The van der Waals surface area contributed by atoms with Gasteiger partial charge in [0.15, 0.2) is 0 Å². The molecule has 0 saturated carbocycles. The predicted octanol–water partition coefficient (Wildman–Crippen LogP) is 3.28. The largest absolute Gasteiger partial charge is 0.494 e. The number of H-pyrrole nitrogens is 1. The van der Waals surface area contributed by atoms with Crippen LogP contribution in [0.3, 0.4) is 0 Å². The fourth-order valence-corrected chi connectivity index (χ4v) is 2.57. The lowest BCUT2D eigenvalue weighted by Gasteiger charge is -2.17. The summed E-state index contributed by atoms with van der Waals surface area (Å²) in [5, 5.41) is 0. The second-order valence-electron chi connectivity index (χ2n) is 4.61. The van der Waals surface area contributed by atoms with Crippen molar-refractivity contribution >= 4 is 12.2 Å². The Morgan fingerprint density at radius 1 is 1.45 bits per heavy atom. The fraction of sp³-hybridized carbons (Fsp3) is 0.333. The van der Waals surface area contributed by atoms with Gasteiger partial charge in [0.2, 0.25) is 0 Å². The van der Waals surface area contributed by atoms with E-state index in [2.05, 4.69) is 9.97 Å². The van der Waals surface area contributed by atoms with E-state index in [1.807, 2.05) is 31.2 Å². The maximum Gasteiger partial charge on any atom is 0.139 e. The summed E-state index contributed by atoms with van der Waals surface area (Å²) in [7, 11) is 0. The van der Waals surface area contributed by atoms with Gasteiger partial charge in [0.1, 0.15) is 16.2 Å². The van der Waals surface area contributed by atoms with Crippen molar-refractivity contribution in [2.75, 3.05) is 13.2 Å². The lowest BCUT2D eigenvalue weighted by atomic mass is 10.1.